The highest BCUT2D eigenvalue weighted by Crippen LogP contribution is 2.29. The van der Waals surface area contributed by atoms with E-state index >= 15 is 0 Å². The molecule has 8 heteroatoms. The van der Waals surface area contributed by atoms with Gasteiger partial charge >= 0.3 is 5.97 Å². The lowest BCUT2D eigenvalue weighted by atomic mass is 10.1. The third-order valence-corrected chi connectivity index (χ3v) is 6.23. The lowest BCUT2D eigenvalue weighted by molar-refractivity contribution is -0.123. The number of fused-ring (bicyclic) bond motifs is 1. The van der Waals surface area contributed by atoms with Crippen LogP contribution in [0.4, 0.5) is 5.69 Å². The molecule has 4 aromatic rings. The van der Waals surface area contributed by atoms with Crippen LogP contribution in [0.5, 0.6) is 0 Å². The van der Waals surface area contributed by atoms with Gasteiger partial charge in [0.1, 0.15) is 0 Å². The number of anilines is 1. The molecule has 3 heterocycles. The third kappa shape index (κ3) is 4.66. The molecule has 1 amide bonds. The van der Waals surface area contributed by atoms with Gasteiger partial charge in [-0.05, 0) is 63.8 Å². The van der Waals surface area contributed by atoms with E-state index in [0.717, 1.165) is 16.0 Å². The summed E-state index contributed by atoms with van der Waals surface area (Å²) in [5.41, 5.74) is 4.35. The highest BCUT2D eigenvalue weighted by molar-refractivity contribution is 7.13. The number of hydrogen-bond acceptors (Lipinski definition) is 6. The van der Waals surface area contributed by atoms with Crippen molar-refractivity contribution in [2.45, 2.75) is 46.8 Å². The summed E-state index contributed by atoms with van der Waals surface area (Å²) in [5.74, 6) is -0.983. The van der Waals surface area contributed by atoms with Crippen LogP contribution in [0.15, 0.2) is 48.0 Å². The fourth-order valence-electron chi connectivity index (χ4n) is 3.58. The maximum absolute atomic E-state index is 13.2. The van der Waals surface area contributed by atoms with Gasteiger partial charge in [0.15, 0.2) is 11.8 Å². The Morgan fingerprint density at radius 3 is 2.58 bits per heavy atom. The summed E-state index contributed by atoms with van der Waals surface area (Å²) in [5, 5.41) is 9.81. The summed E-state index contributed by atoms with van der Waals surface area (Å²) < 4.78 is 7.35. The number of amides is 1. The molecular formula is C25H26N4O3S. The predicted octanol–water partition coefficient (Wildman–Crippen LogP) is 5.54. The van der Waals surface area contributed by atoms with Crippen LogP contribution in [0, 0.1) is 13.8 Å². The van der Waals surface area contributed by atoms with E-state index in [-0.39, 0.29) is 6.04 Å². The standard InChI is InChI=1S/C25H26N4O3S/c1-14(2)29-23-19(13-26-29)18(12-21(27-23)22-7-6-10-33-22)25(31)32-17(5)24(30)28-20-9-8-15(3)11-16(20)4/h6-14,17H,1-5H3,(H,28,30). The molecule has 1 aromatic carbocycles. The van der Waals surface area contributed by atoms with Crippen molar-refractivity contribution in [3.63, 3.8) is 0 Å². The maximum atomic E-state index is 13.2. The van der Waals surface area contributed by atoms with E-state index in [1.807, 2.05) is 63.4 Å². The highest BCUT2D eigenvalue weighted by atomic mass is 32.1. The Morgan fingerprint density at radius 1 is 1.12 bits per heavy atom. The summed E-state index contributed by atoms with van der Waals surface area (Å²) in [6, 6.07) is 11.4. The number of nitrogens with zero attached hydrogens (tertiary/aromatic N) is 3. The van der Waals surface area contributed by atoms with Crippen molar-refractivity contribution in [3.05, 3.63) is 64.7 Å². The quantitative estimate of drug-likeness (QED) is 0.380. The SMILES string of the molecule is Cc1ccc(NC(=O)C(C)OC(=O)c2cc(-c3cccs3)nc3c2cnn3C(C)C)c(C)c1. The van der Waals surface area contributed by atoms with Crippen molar-refractivity contribution in [2.24, 2.45) is 0 Å². The second-order valence-electron chi connectivity index (χ2n) is 8.31. The first-order valence-corrected chi connectivity index (χ1v) is 11.6. The fourth-order valence-corrected chi connectivity index (χ4v) is 4.27. The number of carbonyl (C=O) groups is 2. The zero-order valence-electron chi connectivity index (χ0n) is 19.2. The van der Waals surface area contributed by atoms with Gasteiger partial charge in [-0.15, -0.1) is 11.3 Å². The molecule has 0 spiro atoms. The molecule has 0 aliphatic rings. The highest BCUT2D eigenvalue weighted by Gasteiger charge is 2.24. The van der Waals surface area contributed by atoms with Crippen LogP contribution in [0.1, 0.15) is 48.3 Å². The van der Waals surface area contributed by atoms with Crippen molar-refractivity contribution in [1.82, 2.24) is 14.8 Å². The van der Waals surface area contributed by atoms with Crippen molar-refractivity contribution >= 4 is 39.9 Å². The van der Waals surface area contributed by atoms with Crippen molar-refractivity contribution in [1.29, 1.82) is 0 Å². The molecule has 4 rings (SSSR count). The molecule has 0 saturated carbocycles. The lowest BCUT2D eigenvalue weighted by Crippen LogP contribution is -2.30. The summed E-state index contributed by atoms with van der Waals surface area (Å²) in [6.07, 6.45) is 0.643. The molecule has 7 nitrogen and oxygen atoms in total. The number of benzene rings is 1. The molecule has 1 N–H and O–H groups in total. The van der Waals surface area contributed by atoms with Crippen molar-refractivity contribution in [2.75, 3.05) is 5.32 Å². The maximum Gasteiger partial charge on any atom is 0.339 e. The minimum absolute atomic E-state index is 0.0694. The van der Waals surface area contributed by atoms with E-state index in [2.05, 4.69) is 10.4 Å². The van der Waals surface area contributed by atoms with Crippen LogP contribution in [-0.2, 0) is 9.53 Å². The molecule has 33 heavy (non-hydrogen) atoms. The van der Waals surface area contributed by atoms with Gasteiger partial charge in [0.25, 0.3) is 5.91 Å². The number of esters is 1. The zero-order chi connectivity index (χ0) is 23.7. The smallest absolute Gasteiger partial charge is 0.339 e. The summed E-state index contributed by atoms with van der Waals surface area (Å²) in [4.78, 5) is 31.6. The van der Waals surface area contributed by atoms with Crippen LogP contribution in [0.2, 0.25) is 0 Å². The van der Waals surface area contributed by atoms with Crippen molar-refractivity contribution < 1.29 is 14.3 Å². The number of thiophene rings is 1. The molecule has 0 aliphatic carbocycles. The Kier molecular flexibility index (Phi) is 6.29. The van der Waals surface area contributed by atoms with Crippen LogP contribution in [0.3, 0.4) is 0 Å². The Morgan fingerprint density at radius 2 is 1.91 bits per heavy atom. The Hall–Kier alpha value is -3.52. The van der Waals surface area contributed by atoms with E-state index < -0.39 is 18.0 Å². The van der Waals surface area contributed by atoms with Gasteiger partial charge in [-0.1, -0.05) is 23.8 Å². The number of carbonyl (C=O) groups excluding carboxylic acids is 2. The minimum atomic E-state index is -0.980. The van der Waals surface area contributed by atoms with Crippen LogP contribution in [-0.4, -0.2) is 32.7 Å². The average molecular weight is 463 g/mol. The van der Waals surface area contributed by atoms with E-state index in [1.165, 1.54) is 11.3 Å². The monoisotopic (exact) mass is 462 g/mol. The van der Waals surface area contributed by atoms with Gasteiger partial charge < -0.3 is 10.1 Å². The van der Waals surface area contributed by atoms with Gasteiger partial charge in [-0.25, -0.2) is 14.5 Å². The second kappa shape index (κ2) is 9.15. The number of rotatable bonds is 6. The zero-order valence-corrected chi connectivity index (χ0v) is 20.1. The number of aromatic nitrogens is 3. The molecule has 170 valence electrons. The largest absolute Gasteiger partial charge is 0.449 e. The number of nitrogens with one attached hydrogen (secondary N) is 1. The number of aryl methyl sites for hydroxylation is 2. The van der Waals surface area contributed by atoms with Gasteiger partial charge in [0.05, 0.1) is 27.7 Å². The molecule has 0 radical (unpaired) electrons. The van der Waals surface area contributed by atoms with E-state index in [0.29, 0.717) is 28.0 Å². The van der Waals surface area contributed by atoms with Crippen LogP contribution < -0.4 is 5.32 Å². The first kappa shape index (κ1) is 22.7. The van der Waals surface area contributed by atoms with Crippen LogP contribution >= 0.6 is 11.3 Å². The Bertz CT molecular complexity index is 1330. The van der Waals surface area contributed by atoms with Crippen LogP contribution in [0.25, 0.3) is 21.6 Å². The topological polar surface area (TPSA) is 86.1 Å². The van der Waals surface area contributed by atoms with Gasteiger partial charge in [0, 0.05) is 11.7 Å². The van der Waals surface area contributed by atoms with Gasteiger partial charge in [0.2, 0.25) is 0 Å². The van der Waals surface area contributed by atoms with E-state index in [1.54, 1.807) is 23.9 Å². The predicted molar refractivity (Wildman–Crippen MR) is 131 cm³/mol. The molecule has 0 aliphatic heterocycles. The molecule has 1 atom stereocenters. The van der Waals surface area contributed by atoms with E-state index in [9.17, 15) is 9.59 Å². The number of hydrogen-bond donors (Lipinski definition) is 1. The summed E-state index contributed by atoms with van der Waals surface area (Å²) in [6.45, 7) is 9.48. The molecule has 3 aromatic heterocycles. The normalized spacial score (nSPS) is 12.2. The average Bonchev–Trinajstić information content (AvgIpc) is 3.44. The minimum Gasteiger partial charge on any atom is -0.449 e. The summed E-state index contributed by atoms with van der Waals surface area (Å²) in [7, 11) is 0. The Balaban J connectivity index is 1.62. The Labute approximate surface area is 196 Å². The first-order valence-electron chi connectivity index (χ1n) is 10.8. The first-order chi connectivity index (χ1) is 15.7. The third-order valence-electron chi connectivity index (χ3n) is 5.34. The molecule has 0 bridgehead atoms. The van der Waals surface area contributed by atoms with Gasteiger partial charge in [-0.3, -0.25) is 4.79 Å². The molecule has 0 saturated heterocycles. The van der Waals surface area contributed by atoms with Crippen molar-refractivity contribution in [3.8, 4) is 10.6 Å². The molecule has 1 unspecified atom stereocenters. The van der Waals surface area contributed by atoms with Gasteiger partial charge in [-0.2, -0.15) is 5.10 Å². The second-order valence-corrected chi connectivity index (χ2v) is 9.26. The molecular weight excluding hydrogens is 436 g/mol. The number of pyridine rings is 1. The summed E-state index contributed by atoms with van der Waals surface area (Å²) >= 11 is 1.54. The van der Waals surface area contributed by atoms with E-state index in [4.69, 9.17) is 9.72 Å². The molecule has 0 fully saturated rings. The fraction of sp³-hybridized carbons (Fsp3) is 0.280. The lowest BCUT2D eigenvalue weighted by Gasteiger charge is -2.16. The number of ether oxygens (including phenoxy) is 1.